The summed E-state index contributed by atoms with van der Waals surface area (Å²) >= 11 is 0. The van der Waals surface area contributed by atoms with Crippen molar-refractivity contribution in [3.63, 3.8) is 0 Å². The van der Waals surface area contributed by atoms with E-state index in [1.165, 1.54) is 0 Å². The van der Waals surface area contributed by atoms with Crippen LogP contribution in [0.15, 0.2) is 12.4 Å². The van der Waals surface area contributed by atoms with Gasteiger partial charge in [0.05, 0.1) is 19.0 Å². The molecule has 2 saturated heterocycles. The Balaban J connectivity index is 1.57. The molecule has 0 aromatic carbocycles. The Bertz CT molecular complexity index is 509. The van der Waals surface area contributed by atoms with Crippen molar-refractivity contribution < 1.29 is 9.53 Å². The number of anilines is 1. The highest BCUT2D eigenvalue weighted by molar-refractivity contribution is 5.79. The van der Waals surface area contributed by atoms with Crippen LogP contribution in [0.2, 0.25) is 0 Å². The molecule has 0 N–H and O–H groups in total. The minimum Gasteiger partial charge on any atom is -0.477 e. The lowest BCUT2D eigenvalue weighted by molar-refractivity contribution is -0.135. The smallest absolute Gasteiger partial charge is 0.234 e. The van der Waals surface area contributed by atoms with Crippen molar-refractivity contribution in [3.05, 3.63) is 12.4 Å². The number of nitrogens with zero attached hydrogens (tertiary/aromatic N) is 4. The Kier molecular flexibility index (Phi) is 4.75. The highest BCUT2D eigenvalue weighted by atomic mass is 16.5. The standard InChI is InChI=1S/C16H24N4O2/c1-2-22-15-12-17-11-14(18-15)19-9-5-13(6-10-19)16(21)20-7-3-4-8-20/h11-13H,2-10H2,1H3. The Labute approximate surface area is 131 Å². The molecule has 0 saturated carbocycles. The van der Waals surface area contributed by atoms with E-state index in [-0.39, 0.29) is 5.92 Å². The van der Waals surface area contributed by atoms with Gasteiger partial charge in [-0.15, -0.1) is 0 Å². The number of likely N-dealkylation sites (tertiary alicyclic amines) is 1. The van der Waals surface area contributed by atoms with Crippen LogP contribution in [-0.2, 0) is 4.79 Å². The lowest BCUT2D eigenvalue weighted by Gasteiger charge is -2.33. The van der Waals surface area contributed by atoms with Gasteiger partial charge in [0, 0.05) is 32.1 Å². The molecule has 1 amide bonds. The molecular weight excluding hydrogens is 280 g/mol. The van der Waals surface area contributed by atoms with Crippen LogP contribution >= 0.6 is 0 Å². The first-order valence-electron chi connectivity index (χ1n) is 8.26. The van der Waals surface area contributed by atoms with Crippen molar-refractivity contribution in [3.8, 4) is 5.88 Å². The van der Waals surface area contributed by atoms with Crippen molar-refractivity contribution >= 4 is 11.7 Å². The van der Waals surface area contributed by atoms with E-state index in [1.54, 1.807) is 12.4 Å². The summed E-state index contributed by atoms with van der Waals surface area (Å²) < 4.78 is 5.40. The molecule has 1 aromatic heterocycles. The van der Waals surface area contributed by atoms with E-state index < -0.39 is 0 Å². The lowest BCUT2D eigenvalue weighted by atomic mass is 9.95. The minimum atomic E-state index is 0.178. The third-order valence-corrected chi connectivity index (χ3v) is 4.48. The van der Waals surface area contributed by atoms with Crippen LogP contribution in [-0.4, -0.2) is 53.6 Å². The fraction of sp³-hybridized carbons (Fsp3) is 0.688. The maximum Gasteiger partial charge on any atom is 0.234 e. The second-order valence-corrected chi connectivity index (χ2v) is 5.94. The second kappa shape index (κ2) is 6.94. The molecule has 3 heterocycles. The molecule has 0 aliphatic carbocycles. The summed E-state index contributed by atoms with van der Waals surface area (Å²) in [6, 6.07) is 0. The number of amides is 1. The Morgan fingerprint density at radius 2 is 1.95 bits per heavy atom. The molecule has 3 rings (SSSR count). The fourth-order valence-corrected chi connectivity index (χ4v) is 3.26. The highest BCUT2D eigenvalue weighted by Gasteiger charge is 2.30. The largest absolute Gasteiger partial charge is 0.477 e. The Morgan fingerprint density at radius 3 is 2.64 bits per heavy atom. The van der Waals surface area contributed by atoms with E-state index in [4.69, 9.17) is 4.74 Å². The number of aromatic nitrogens is 2. The predicted molar refractivity (Wildman–Crippen MR) is 84.0 cm³/mol. The molecule has 2 aliphatic rings. The predicted octanol–water partition coefficient (Wildman–Crippen LogP) is 1.71. The maximum absolute atomic E-state index is 12.4. The topological polar surface area (TPSA) is 58.6 Å². The van der Waals surface area contributed by atoms with Crippen LogP contribution in [0.1, 0.15) is 32.6 Å². The molecule has 0 radical (unpaired) electrons. The molecule has 6 heteroatoms. The van der Waals surface area contributed by atoms with Gasteiger partial charge in [-0.25, -0.2) is 0 Å². The zero-order valence-corrected chi connectivity index (χ0v) is 13.2. The number of rotatable bonds is 4. The van der Waals surface area contributed by atoms with Gasteiger partial charge in [-0.05, 0) is 32.6 Å². The molecule has 0 bridgehead atoms. The second-order valence-electron chi connectivity index (χ2n) is 5.94. The van der Waals surface area contributed by atoms with E-state index in [0.717, 1.165) is 57.7 Å². The fourth-order valence-electron chi connectivity index (χ4n) is 3.26. The van der Waals surface area contributed by atoms with E-state index in [1.807, 2.05) is 11.8 Å². The van der Waals surface area contributed by atoms with Gasteiger partial charge in [0.2, 0.25) is 11.8 Å². The normalized spacial score (nSPS) is 19.5. The van der Waals surface area contributed by atoms with Crippen molar-refractivity contribution in [2.24, 2.45) is 5.92 Å². The van der Waals surface area contributed by atoms with Gasteiger partial charge in [-0.3, -0.25) is 9.78 Å². The number of carbonyl (C=O) groups is 1. The van der Waals surface area contributed by atoms with E-state index in [9.17, 15) is 4.79 Å². The van der Waals surface area contributed by atoms with Crippen LogP contribution in [0.4, 0.5) is 5.82 Å². The van der Waals surface area contributed by atoms with Gasteiger partial charge < -0.3 is 14.5 Å². The van der Waals surface area contributed by atoms with Crippen LogP contribution in [0.5, 0.6) is 5.88 Å². The van der Waals surface area contributed by atoms with Crippen molar-refractivity contribution in [1.29, 1.82) is 0 Å². The minimum absolute atomic E-state index is 0.178. The van der Waals surface area contributed by atoms with Crippen LogP contribution in [0.3, 0.4) is 0 Å². The number of ether oxygens (including phenoxy) is 1. The van der Waals surface area contributed by atoms with Crippen LogP contribution in [0, 0.1) is 5.92 Å². The van der Waals surface area contributed by atoms with Gasteiger partial charge in [0.25, 0.3) is 0 Å². The molecule has 0 unspecified atom stereocenters. The number of piperidine rings is 1. The number of hydrogen-bond acceptors (Lipinski definition) is 5. The highest BCUT2D eigenvalue weighted by Crippen LogP contribution is 2.25. The van der Waals surface area contributed by atoms with Gasteiger partial charge in [-0.2, -0.15) is 4.98 Å². The first-order chi connectivity index (χ1) is 10.8. The molecule has 22 heavy (non-hydrogen) atoms. The summed E-state index contributed by atoms with van der Waals surface area (Å²) in [6.07, 6.45) is 7.52. The zero-order chi connectivity index (χ0) is 15.4. The summed E-state index contributed by atoms with van der Waals surface area (Å²) in [5, 5.41) is 0. The van der Waals surface area contributed by atoms with Crippen LogP contribution < -0.4 is 9.64 Å². The van der Waals surface area contributed by atoms with Gasteiger partial charge in [0.1, 0.15) is 0 Å². The first-order valence-corrected chi connectivity index (χ1v) is 8.26. The van der Waals surface area contributed by atoms with Crippen LogP contribution in [0.25, 0.3) is 0 Å². The number of hydrogen-bond donors (Lipinski definition) is 0. The summed E-state index contributed by atoms with van der Waals surface area (Å²) in [6.45, 7) is 6.12. The molecule has 120 valence electrons. The lowest BCUT2D eigenvalue weighted by Crippen LogP contribution is -2.42. The monoisotopic (exact) mass is 304 g/mol. The summed E-state index contributed by atoms with van der Waals surface area (Å²) in [5.74, 6) is 1.94. The SMILES string of the molecule is CCOc1cncc(N2CCC(C(=O)N3CCCC3)CC2)n1. The summed E-state index contributed by atoms with van der Waals surface area (Å²) in [7, 11) is 0. The average molecular weight is 304 g/mol. The quantitative estimate of drug-likeness (QED) is 0.847. The van der Waals surface area contributed by atoms with Gasteiger partial charge >= 0.3 is 0 Å². The first kappa shape index (κ1) is 15.1. The molecule has 0 atom stereocenters. The molecule has 2 aliphatic heterocycles. The van der Waals surface area contributed by atoms with Crippen molar-refractivity contribution in [2.75, 3.05) is 37.7 Å². The van der Waals surface area contributed by atoms with Crippen molar-refractivity contribution in [1.82, 2.24) is 14.9 Å². The summed E-state index contributed by atoms with van der Waals surface area (Å²) in [4.78, 5) is 25.3. The average Bonchev–Trinajstić information content (AvgIpc) is 3.09. The zero-order valence-electron chi connectivity index (χ0n) is 13.2. The molecule has 0 spiro atoms. The summed E-state index contributed by atoms with van der Waals surface area (Å²) in [5.41, 5.74) is 0. The maximum atomic E-state index is 12.4. The third kappa shape index (κ3) is 3.31. The van der Waals surface area contributed by atoms with Crippen molar-refractivity contribution in [2.45, 2.75) is 32.6 Å². The van der Waals surface area contributed by atoms with Gasteiger partial charge in [-0.1, -0.05) is 0 Å². The molecule has 1 aromatic rings. The number of carbonyl (C=O) groups excluding carboxylic acids is 1. The molecule has 6 nitrogen and oxygen atoms in total. The molecule has 2 fully saturated rings. The van der Waals surface area contributed by atoms with E-state index in [2.05, 4.69) is 14.9 Å². The molecular formula is C16H24N4O2. The Hall–Kier alpha value is -1.85. The van der Waals surface area contributed by atoms with Gasteiger partial charge in [0.15, 0.2) is 5.82 Å². The van der Waals surface area contributed by atoms with E-state index >= 15 is 0 Å². The Morgan fingerprint density at radius 1 is 1.23 bits per heavy atom. The van der Waals surface area contributed by atoms with E-state index in [0.29, 0.717) is 18.4 Å². The third-order valence-electron chi connectivity index (χ3n) is 4.48.